The van der Waals surface area contributed by atoms with Gasteiger partial charge in [0.2, 0.25) is 0 Å². The van der Waals surface area contributed by atoms with Crippen molar-refractivity contribution in [2.75, 3.05) is 11.3 Å². The Morgan fingerprint density at radius 1 is 1.11 bits per heavy atom. The molecule has 0 fully saturated rings. The van der Waals surface area contributed by atoms with E-state index < -0.39 is 28.0 Å². The summed E-state index contributed by atoms with van der Waals surface area (Å²) in [7, 11) is -3.79. The van der Waals surface area contributed by atoms with E-state index in [-0.39, 0.29) is 17.0 Å². The minimum absolute atomic E-state index is 0.00130. The van der Waals surface area contributed by atoms with E-state index in [9.17, 15) is 18.0 Å². The fourth-order valence-corrected chi connectivity index (χ4v) is 3.26. The number of ether oxygens (including phenoxy) is 1. The number of amides is 1. The van der Waals surface area contributed by atoms with Gasteiger partial charge in [-0.3, -0.25) is 9.52 Å². The number of nitrogens with one attached hydrogen (secondary N) is 2. The number of benzene rings is 2. The van der Waals surface area contributed by atoms with E-state index in [4.69, 9.17) is 4.74 Å². The van der Waals surface area contributed by atoms with Crippen LogP contribution in [0.4, 0.5) is 5.69 Å². The van der Waals surface area contributed by atoms with Crippen LogP contribution in [-0.4, -0.2) is 32.9 Å². The number of carbonyl (C=O) groups excluding carboxylic acids is 2. The molecule has 2 aromatic rings. The molecular weight excluding hydrogens is 380 g/mol. The number of anilines is 1. The lowest BCUT2D eigenvalue weighted by molar-refractivity contribution is -0.128. The predicted molar refractivity (Wildman–Crippen MR) is 107 cm³/mol. The van der Waals surface area contributed by atoms with E-state index in [0.29, 0.717) is 5.69 Å². The molecule has 1 atom stereocenters. The number of esters is 1. The zero-order valence-electron chi connectivity index (χ0n) is 15.6. The van der Waals surface area contributed by atoms with Crippen molar-refractivity contribution < 1.29 is 22.7 Å². The summed E-state index contributed by atoms with van der Waals surface area (Å²) in [6.45, 7) is 7.09. The average Bonchev–Trinajstić information content (AvgIpc) is 2.67. The lowest BCUT2D eigenvalue weighted by atomic mass is 10.2. The Morgan fingerprint density at radius 3 is 2.29 bits per heavy atom. The largest absolute Gasteiger partial charge is 0.449 e. The van der Waals surface area contributed by atoms with E-state index in [0.717, 1.165) is 5.56 Å². The van der Waals surface area contributed by atoms with Gasteiger partial charge in [-0.25, -0.2) is 13.2 Å². The van der Waals surface area contributed by atoms with Crippen molar-refractivity contribution >= 4 is 27.6 Å². The van der Waals surface area contributed by atoms with Gasteiger partial charge in [-0.15, -0.1) is 6.58 Å². The molecule has 0 heterocycles. The van der Waals surface area contributed by atoms with E-state index in [1.807, 2.05) is 6.92 Å². The third-order valence-corrected chi connectivity index (χ3v) is 5.17. The maximum absolute atomic E-state index is 12.4. The van der Waals surface area contributed by atoms with Crippen molar-refractivity contribution in [3.8, 4) is 0 Å². The molecule has 1 amide bonds. The summed E-state index contributed by atoms with van der Waals surface area (Å²) >= 11 is 0. The normalized spacial score (nSPS) is 11.9. The first-order valence-corrected chi connectivity index (χ1v) is 10.0. The van der Waals surface area contributed by atoms with Crippen molar-refractivity contribution in [2.24, 2.45) is 0 Å². The highest BCUT2D eigenvalue weighted by atomic mass is 32.2. The van der Waals surface area contributed by atoms with Crippen LogP contribution in [0.2, 0.25) is 0 Å². The molecule has 148 valence electrons. The quantitative estimate of drug-likeness (QED) is 0.522. The van der Waals surface area contributed by atoms with Crippen LogP contribution < -0.4 is 10.0 Å². The zero-order valence-corrected chi connectivity index (χ0v) is 16.5. The summed E-state index contributed by atoms with van der Waals surface area (Å²) in [6, 6.07) is 12.2. The summed E-state index contributed by atoms with van der Waals surface area (Å²) in [5.74, 6) is -1.17. The lowest BCUT2D eigenvalue weighted by Gasteiger charge is -2.13. The minimum Gasteiger partial charge on any atom is -0.449 e. The Bertz CT molecular complexity index is 951. The third kappa shape index (κ3) is 5.68. The number of hydrogen-bond donors (Lipinski definition) is 2. The fraction of sp³-hybridized carbons (Fsp3) is 0.200. The second kappa shape index (κ2) is 9.18. The van der Waals surface area contributed by atoms with Crippen molar-refractivity contribution in [1.29, 1.82) is 0 Å². The maximum atomic E-state index is 12.4. The minimum atomic E-state index is -3.79. The van der Waals surface area contributed by atoms with Crippen molar-refractivity contribution in [3.63, 3.8) is 0 Å². The number of sulfonamides is 1. The molecule has 0 saturated heterocycles. The Balaban J connectivity index is 2.05. The van der Waals surface area contributed by atoms with Crippen molar-refractivity contribution in [3.05, 3.63) is 72.3 Å². The van der Waals surface area contributed by atoms with Gasteiger partial charge in [-0.05, 0) is 50.2 Å². The Kier molecular flexibility index (Phi) is 6.94. The van der Waals surface area contributed by atoms with Crippen LogP contribution in [0.1, 0.15) is 22.8 Å². The molecule has 0 aliphatic rings. The molecule has 2 aromatic carbocycles. The molecular formula is C20H22N2O5S. The first kappa shape index (κ1) is 21.2. The Hall–Kier alpha value is -3.13. The first-order chi connectivity index (χ1) is 13.2. The number of hydrogen-bond acceptors (Lipinski definition) is 5. The molecule has 0 radical (unpaired) electrons. The first-order valence-electron chi connectivity index (χ1n) is 8.52. The van der Waals surface area contributed by atoms with Crippen LogP contribution in [0.25, 0.3) is 0 Å². The van der Waals surface area contributed by atoms with Gasteiger partial charge in [0.1, 0.15) is 0 Å². The van der Waals surface area contributed by atoms with Crippen LogP contribution in [-0.2, 0) is 19.6 Å². The van der Waals surface area contributed by atoms with Crippen LogP contribution in [0, 0.1) is 6.92 Å². The SMILES string of the molecule is C=CCNC(=O)C(C)OC(=O)c1ccc(S(=O)(=O)Nc2ccc(C)cc2)cc1. The summed E-state index contributed by atoms with van der Waals surface area (Å²) in [6.07, 6.45) is 0.523. The molecule has 7 nitrogen and oxygen atoms in total. The molecule has 0 aliphatic heterocycles. The molecule has 0 saturated carbocycles. The lowest BCUT2D eigenvalue weighted by Crippen LogP contribution is -2.35. The molecule has 2 N–H and O–H groups in total. The molecule has 8 heteroatoms. The second-order valence-electron chi connectivity index (χ2n) is 6.08. The topological polar surface area (TPSA) is 102 Å². The highest BCUT2D eigenvalue weighted by molar-refractivity contribution is 7.92. The highest BCUT2D eigenvalue weighted by Crippen LogP contribution is 2.17. The molecule has 0 bridgehead atoms. The molecule has 2 rings (SSSR count). The van der Waals surface area contributed by atoms with E-state index in [1.54, 1.807) is 24.3 Å². The van der Waals surface area contributed by atoms with Crippen LogP contribution in [0.15, 0.2) is 66.1 Å². The molecule has 0 aromatic heterocycles. The van der Waals surface area contributed by atoms with Gasteiger partial charge >= 0.3 is 5.97 Å². The highest BCUT2D eigenvalue weighted by Gasteiger charge is 2.20. The monoisotopic (exact) mass is 402 g/mol. The molecule has 0 aliphatic carbocycles. The zero-order chi connectivity index (χ0) is 20.7. The number of rotatable bonds is 8. The second-order valence-corrected chi connectivity index (χ2v) is 7.76. The molecule has 28 heavy (non-hydrogen) atoms. The summed E-state index contributed by atoms with van der Waals surface area (Å²) in [4.78, 5) is 23.9. The van der Waals surface area contributed by atoms with Crippen LogP contribution >= 0.6 is 0 Å². The van der Waals surface area contributed by atoms with Gasteiger partial charge in [-0.2, -0.15) is 0 Å². The number of aryl methyl sites for hydroxylation is 1. The van der Waals surface area contributed by atoms with Gasteiger partial charge < -0.3 is 10.1 Å². The van der Waals surface area contributed by atoms with E-state index in [1.165, 1.54) is 37.3 Å². The standard InChI is InChI=1S/C20H22N2O5S/c1-4-13-21-19(23)15(3)27-20(24)16-7-11-18(12-8-16)28(25,26)22-17-9-5-14(2)6-10-17/h4-12,15,22H,1,13H2,2-3H3,(H,21,23). The van der Waals surface area contributed by atoms with E-state index in [2.05, 4.69) is 16.6 Å². The Morgan fingerprint density at radius 2 is 1.71 bits per heavy atom. The summed E-state index contributed by atoms with van der Waals surface area (Å²) in [5, 5.41) is 2.52. The summed E-state index contributed by atoms with van der Waals surface area (Å²) in [5.41, 5.74) is 1.59. The maximum Gasteiger partial charge on any atom is 0.338 e. The van der Waals surface area contributed by atoms with Gasteiger partial charge in [0.25, 0.3) is 15.9 Å². The van der Waals surface area contributed by atoms with Crippen molar-refractivity contribution in [2.45, 2.75) is 24.8 Å². The summed E-state index contributed by atoms with van der Waals surface area (Å²) < 4.78 is 32.4. The fourth-order valence-electron chi connectivity index (χ4n) is 2.20. The predicted octanol–water partition coefficient (Wildman–Crippen LogP) is 2.64. The van der Waals surface area contributed by atoms with Gasteiger partial charge in [0.15, 0.2) is 6.10 Å². The molecule has 0 spiro atoms. The van der Waals surface area contributed by atoms with Crippen LogP contribution in [0.3, 0.4) is 0 Å². The average molecular weight is 402 g/mol. The van der Waals surface area contributed by atoms with Gasteiger partial charge in [0, 0.05) is 12.2 Å². The number of carbonyl (C=O) groups is 2. The van der Waals surface area contributed by atoms with E-state index >= 15 is 0 Å². The molecule has 1 unspecified atom stereocenters. The van der Waals surface area contributed by atoms with Gasteiger partial charge in [0.05, 0.1) is 10.5 Å². The Labute approximate surface area is 164 Å². The van der Waals surface area contributed by atoms with Crippen molar-refractivity contribution in [1.82, 2.24) is 5.32 Å². The van der Waals surface area contributed by atoms with Gasteiger partial charge in [-0.1, -0.05) is 23.8 Å². The smallest absolute Gasteiger partial charge is 0.338 e. The third-order valence-electron chi connectivity index (χ3n) is 3.78. The van der Waals surface area contributed by atoms with Crippen LogP contribution in [0.5, 0.6) is 0 Å².